The van der Waals surface area contributed by atoms with Crippen molar-refractivity contribution >= 4 is 11.6 Å². The highest BCUT2D eigenvalue weighted by molar-refractivity contribution is 5.89. The van der Waals surface area contributed by atoms with E-state index in [0.29, 0.717) is 6.61 Å². The number of anilines is 1. The van der Waals surface area contributed by atoms with Crippen LogP contribution < -0.4 is 10.1 Å². The van der Waals surface area contributed by atoms with Gasteiger partial charge in [-0.25, -0.2) is 4.68 Å². The molecule has 6 heteroatoms. The highest BCUT2D eigenvalue weighted by Gasteiger charge is 2.20. The first-order valence-electron chi connectivity index (χ1n) is 11.4. The van der Waals surface area contributed by atoms with Crippen LogP contribution in [0, 0.1) is 13.8 Å². The van der Waals surface area contributed by atoms with E-state index in [-0.39, 0.29) is 5.91 Å². The van der Waals surface area contributed by atoms with Crippen LogP contribution in [0.2, 0.25) is 0 Å². The van der Waals surface area contributed by atoms with E-state index in [1.54, 1.807) is 0 Å². The van der Waals surface area contributed by atoms with E-state index in [9.17, 15) is 4.79 Å². The van der Waals surface area contributed by atoms with E-state index in [0.717, 1.165) is 61.6 Å². The molecular weight excluding hydrogens is 400 g/mol. The van der Waals surface area contributed by atoms with Gasteiger partial charge in [0.15, 0.2) is 0 Å². The van der Waals surface area contributed by atoms with Crippen molar-refractivity contribution in [3.8, 4) is 11.4 Å². The third-order valence-corrected chi connectivity index (χ3v) is 5.92. The molecule has 168 valence electrons. The molecule has 2 heterocycles. The number of fused-ring (bicyclic) bond motifs is 1. The molecule has 1 aliphatic rings. The van der Waals surface area contributed by atoms with Gasteiger partial charge in [-0.2, -0.15) is 5.10 Å². The molecule has 0 saturated carbocycles. The molecule has 0 radical (unpaired) electrons. The van der Waals surface area contributed by atoms with Gasteiger partial charge in [-0.15, -0.1) is 0 Å². The molecule has 0 bridgehead atoms. The Balaban J connectivity index is 1.23. The molecule has 1 amide bonds. The molecule has 0 atom stereocenters. The van der Waals surface area contributed by atoms with E-state index in [2.05, 4.69) is 51.2 Å². The van der Waals surface area contributed by atoms with Gasteiger partial charge < -0.3 is 10.1 Å². The fourth-order valence-corrected chi connectivity index (χ4v) is 4.21. The first-order valence-corrected chi connectivity index (χ1v) is 11.4. The number of unbranched alkanes of at least 4 members (excludes halogenated alkanes) is 1. The van der Waals surface area contributed by atoms with Crippen molar-refractivity contribution in [2.75, 3.05) is 25.0 Å². The van der Waals surface area contributed by atoms with Crippen molar-refractivity contribution in [3.05, 3.63) is 71.0 Å². The summed E-state index contributed by atoms with van der Waals surface area (Å²) in [5.41, 5.74) is 6.91. The topological polar surface area (TPSA) is 59.4 Å². The Morgan fingerprint density at radius 1 is 1.16 bits per heavy atom. The molecule has 0 spiro atoms. The minimum Gasteiger partial charge on any atom is -0.494 e. The van der Waals surface area contributed by atoms with Crippen LogP contribution in [0.1, 0.15) is 42.1 Å². The van der Waals surface area contributed by atoms with Crippen LogP contribution in [-0.4, -0.2) is 40.3 Å². The summed E-state index contributed by atoms with van der Waals surface area (Å²) < 4.78 is 8.01. The van der Waals surface area contributed by atoms with Gasteiger partial charge in [0.1, 0.15) is 5.75 Å². The maximum absolute atomic E-state index is 11.3. The number of benzene rings is 2. The molecule has 6 nitrogen and oxygen atoms in total. The fraction of sp³-hybridized carbons (Fsp3) is 0.385. The van der Waals surface area contributed by atoms with Crippen LogP contribution in [-0.2, 0) is 17.8 Å². The highest BCUT2D eigenvalue weighted by Crippen LogP contribution is 2.24. The minimum atomic E-state index is -0.0700. The number of ether oxygens (including phenoxy) is 1. The van der Waals surface area contributed by atoms with E-state index in [1.165, 1.54) is 23.7 Å². The summed E-state index contributed by atoms with van der Waals surface area (Å²) in [7, 11) is 0. The number of nitrogens with one attached hydrogen (secondary N) is 1. The van der Waals surface area contributed by atoms with Gasteiger partial charge >= 0.3 is 0 Å². The number of hydrogen-bond acceptors (Lipinski definition) is 4. The molecule has 0 fully saturated rings. The van der Waals surface area contributed by atoms with E-state index >= 15 is 0 Å². The Hall–Kier alpha value is -3.12. The van der Waals surface area contributed by atoms with Gasteiger partial charge in [-0.1, -0.05) is 18.2 Å². The predicted molar refractivity (Wildman–Crippen MR) is 127 cm³/mol. The van der Waals surface area contributed by atoms with Crippen molar-refractivity contribution in [1.82, 2.24) is 14.7 Å². The lowest BCUT2D eigenvalue weighted by molar-refractivity contribution is -0.114. The largest absolute Gasteiger partial charge is 0.494 e. The third kappa shape index (κ3) is 5.37. The fourth-order valence-electron chi connectivity index (χ4n) is 4.21. The summed E-state index contributed by atoms with van der Waals surface area (Å²) in [6, 6.07) is 14.3. The SMILES string of the molecule is CC(=O)Nc1cc(OCCCCN2CCc3c(cnn3-c3cccc(C)c3)C2)ccc1C. The van der Waals surface area contributed by atoms with Crippen molar-refractivity contribution < 1.29 is 9.53 Å². The number of carbonyl (C=O) groups excluding carboxylic acids is 1. The second-order valence-electron chi connectivity index (χ2n) is 8.61. The van der Waals surface area contributed by atoms with Gasteiger partial charge in [0.05, 0.1) is 18.5 Å². The monoisotopic (exact) mass is 432 g/mol. The standard InChI is InChI=1S/C26H32N4O2/c1-19-7-6-8-23(15-19)30-26-11-13-29(18-22(26)17-27-30)12-4-5-14-32-24-10-9-20(2)25(16-24)28-21(3)31/h6-10,15-17H,4-5,11-14,18H2,1-3H3,(H,28,31). The number of amides is 1. The summed E-state index contributed by atoms with van der Waals surface area (Å²) in [4.78, 5) is 13.8. The molecule has 3 aromatic rings. The van der Waals surface area contributed by atoms with Gasteiger partial charge in [0.25, 0.3) is 0 Å². The molecule has 1 aromatic heterocycles. The van der Waals surface area contributed by atoms with Gasteiger partial charge in [-0.3, -0.25) is 9.69 Å². The number of rotatable bonds is 8. The van der Waals surface area contributed by atoms with Crippen LogP contribution in [0.3, 0.4) is 0 Å². The quantitative estimate of drug-likeness (QED) is 0.526. The Labute approximate surface area is 190 Å². The van der Waals surface area contributed by atoms with E-state index in [1.807, 2.05) is 31.3 Å². The van der Waals surface area contributed by atoms with E-state index in [4.69, 9.17) is 4.74 Å². The van der Waals surface area contributed by atoms with Crippen LogP contribution in [0.25, 0.3) is 5.69 Å². The Bertz CT molecular complexity index is 1090. The van der Waals surface area contributed by atoms with Crippen molar-refractivity contribution in [2.45, 2.75) is 46.6 Å². The summed E-state index contributed by atoms with van der Waals surface area (Å²) in [6.45, 7) is 9.36. The second-order valence-corrected chi connectivity index (χ2v) is 8.61. The lowest BCUT2D eigenvalue weighted by Gasteiger charge is -2.27. The number of aromatic nitrogens is 2. The first kappa shape index (κ1) is 22.1. The molecule has 4 rings (SSSR count). The van der Waals surface area contributed by atoms with Gasteiger partial charge in [0, 0.05) is 49.4 Å². The van der Waals surface area contributed by atoms with Crippen LogP contribution in [0.5, 0.6) is 5.75 Å². The molecule has 1 aliphatic heterocycles. The van der Waals surface area contributed by atoms with Crippen LogP contribution >= 0.6 is 0 Å². The number of aryl methyl sites for hydroxylation is 2. The number of hydrogen-bond donors (Lipinski definition) is 1. The number of nitrogens with zero attached hydrogens (tertiary/aromatic N) is 3. The Morgan fingerprint density at radius 2 is 2.03 bits per heavy atom. The summed E-state index contributed by atoms with van der Waals surface area (Å²) >= 11 is 0. The Morgan fingerprint density at radius 3 is 2.84 bits per heavy atom. The van der Waals surface area contributed by atoms with Gasteiger partial charge in [0.2, 0.25) is 5.91 Å². The molecule has 32 heavy (non-hydrogen) atoms. The van der Waals surface area contributed by atoms with Crippen LogP contribution in [0.15, 0.2) is 48.7 Å². The molecule has 2 aromatic carbocycles. The summed E-state index contributed by atoms with van der Waals surface area (Å²) in [6.07, 6.45) is 5.13. The molecule has 0 unspecified atom stereocenters. The summed E-state index contributed by atoms with van der Waals surface area (Å²) in [5.74, 6) is 0.727. The lowest BCUT2D eigenvalue weighted by Crippen LogP contribution is -2.32. The van der Waals surface area contributed by atoms with E-state index < -0.39 is 0 Å². The predicted octanol–water partition coefficient (Wildman–Crippen LogP) is 4.66. The third-order valence-electron chi connectivity index (χ3n) is 5.92. The summed E-state index contributed by atoms with van der Waals surface area (Å²) in [5, 5.41) is 7.51. The highest BCUT2D eigenvalue weighted by atomic mass is 16.5. The molecular formula is C26H32N4O2. The smallest absolute Gasteiger partial charge is 0.221 e. The maximum atomic E-state index is 11.3. The average molecular weight is 433 g/mol. The van der Waals surface area contributed by atoms with Crippen molar-refractivity contribution in [3.63, 3.8) is 0 Å². The Kier molecular flexibility index (Phi) is 6.90. The van der Waals surface area contributed by atoms with Gasteiger partial charge in [-0.05, 0) is 62.6 Å². The zero-order valence-corrected chi connectivity index (χ0v) is 19.2. The second kappa shape index (κ2) is 10.0. The molecule has 0 aliphatic carbocycles. The number of carbonyl (C=O) groups is 1. The zero-order valence-electron chi connectivity index (χ0n) is 19.2. The minimum absolute atomic E-state index is 0.0700. The van der Waals surface area contributed by atoms with Crippen molar-refractivity contribution in [1.29, 1.82) is 0 Å². The molecule has 1 N–H and O–H groups in total. The van der Waals surface area contributed by atoms with Crippen LogP contribution in [0.4, 0.5) is 5.69 Å². The zero-order chi connectivity index (χ0) is 22.5. The normalized spacial score (nSPS) is 13.6. The lowest BCUT2D eigenvalue weighted by atomic mass is 10.1. The molecule has 0 saturated heterocycles. The van der Waals surface area contributed by atoms with Crippen molar-refractivity contribution in [2.24, 2.45) is 0 Å². The maximum Gasteiger partial charge on any atom is 0.221 e. The average Bonchev–Trinajstić information content (AvgIpc) is 3.18. The first-order chi connectivity index (χ1) is 15.5.